The topological polar surface area (TPSA) is 64.4 Å². The molecule has 2 aromatic carbocycles. The van der Waals surface area contributed by atoms with E-state index < -0.39 is 17.5 Å². The first-order valence-electron chi connectivity index (χ1n) is 7.90. The number of amides is 1. The highest BCUT2D eigenvalue weighted by molar-refractivity contribution is 5.94. The second-order valence-corrected chi connectivity index (χ2v) is 5.55. The van der Waals surface area contributed by atoms with Crippen LogP contribution >= 0.6 is 0 Å². The molecule has 0 unspecified atom stereocenters. The van der Waals surface area contributed by atoms with Crippen LogP contribution in [0.5, 0.6) is 5.75 Å². The molecule has 26 heavy (non-hydrogen) atoms. The van der Waals surface area contributed by atoms with Crippen LogP contribution in [0, 0.1) is 11.6 Å². The van der Waals surface area contributed by atoms with Crippen LogP contribution in [-0.2, 0) is 6.42 Å². The zero-order valence-electron chi connectivity index (χ0n) is 14.0. The number of nitrogens with zero attached hydrogens (tertiary/aromatic N) is 1. The van der Waals surface area contributed by atoms with E-state index in [1.54, 1.807) is 13.2 Å². The van der Waals surface area contributed by atoms with Crippen LogP contribution in [0.15, 0.2) is 53.1 Å². The molecule has 0 aliphatic rings. The number of hydrogen-bond acceptors (Lipinski definition) is 4. The summed E-state index contributed by atoms with van der Waals surface area (Å²) < 4.78 is 36.5. The van der Waals surface area contributed by atoms with Crippen molar-refractivity contribution in [1.29, 1.82) is 0 Å². The van der Waals surface area contributed by atoms with Gasteiger partial charge in [-0.2, -0.15) is 0 Å². The Morgan fingerprint density at radius 2 is 2.00 bits per heavy atom. The molecular formula is C19H16F2N2O3. The van der Waals surface area contributed by atoms with Crippen molar-refractivity contribution in [3.05, 3.63) is 71.4 Å². The number of aromatic nitrogens is 1. The van der Waals surface area contributed by atoms with Crippen molar-refractivity contribution >= 4 is 5.91 Å². The molecule has 0 spiro atoms. The van der Waals surface area contributed by atoms with Gasteiger partial charge in [0.2, 0.25) is 0 Å². The number of methoxy groups -OCH3 is 1. The third kappa shape index (κ3) is 4.05. The van der Waals surface area contributed by atoms with Gasteiger partial charge in [-0.1, -0.05) is 17.3 Å². The van der Waals surface area contributed by atoms with Gasteiger partial charge in [-0.05, 0) is 30.3 Å². The first-order valence-corrected chi connectivity index (χ1v) is 7.90. The summed E-state index contributed by atoms with van der Waals surface area (Å²) in [6.07, 6.45) is 0.433. The molecule has 0 aliphatic heterocycles. The van der Waals surface area contributed by atoms with Gasteiger partial charge in [0.25, 0.3) is 5.91 Å². The van der Waals surface area contributed by atoms with Crippen molar-refractivity contribution in [2.24, 2.45) is 0 Å². The molecule has 0 radical (unpaired) electrons. The van der Waals surface area contributed by atoms with E-state index in [0.29, 0.717) is 23.6 Å². The number of halogens is 2. The fourth-order valence-electron chi connectivity index (χ4n) is 2.39. The molecule has 1 amide bonds. The summed E-state index contributed by atoms with van der Waals surface area (Å²) in [6, 6.07) is 12.2. The molecule has 3 rings (SSSR count). The Bertz CT molecular complexity index is 925. The Labute approximate surface area is 148 Å². The summed E-state index contributed by atoms with van der Waals surface area (Å²) in [5, 5.41) is 6.60. The van der Waals surface area contributed by atoms with Crippen molar-refractivity contribution in [3.63, 3.8) is 0 Å². The fourth-order valence-corrected chi connectivity index (χ4v) is 2.39. The molecule has 1 aromatic heterocycles. The molecule has 0 saturated heterocycles. The first kappa shape index (κ1) is 17.6. The number of hydrogen-bond donors (Lipinski definition) is 1. The summed E-state index contributed by atoms with van der Waals surface area (Å²) in [4.78, 5) is 11.9. The molecular weight excluding hydrogens is 342 g/mol. The van der Waals surface area contributed by atoms with Crippen molar-refractivity contribution < 1.29 is 22.8 Å². The van der Waals surface area contributed by atoms with Gasteiger partial charge in [0, 0.05) is 30.2 Å². The van der Waals surface area contributed by atoms with Crippen LogP contribution < -0.4 is 10.1 Å². The van der Waals surface area contributed by atoms with E-state index in [1.807, 2.05) is 24.3 Å². The molecule has 0 aliphatic carbocycles. The minimum Gasteiger partial charge on any atom is -0.497 e. The maximum atomic E-state index is 13.2. The average molecular weight is 358 g/mol. The maximum Gasteiger partial charge on any atom is 0.251 e. The Hall–Kier alpha value is -3.22. The lowest BCUT2D eigenvalue weighted by atomic mass is 10.1. The number of nitrogens with one attached hydrogen (secondary N) is 1. The van der Waals surface area contributed by atoms with Crippen LogP contribution in [0.1, 0.15) is 16.1 Å². The van der Waals surface area contributed by atoms with Gasteiger partial charge < -0.3 is 14.6 Å². The maximum absolute atomic E-state index is 13.2. The lowest BCUT2D eigenvalue weighted by Crippen LogP contribution is -2.25. The van der Waals surface area contributed by atoms with Crippen molar-refractivity contribution in [1.82, 2.24) is 10.5 Å². The molecule has 0 bridgehead atoms. The smallest absolute Gasteiger partial charge is 0.251 e. The Morgan fingerprint density at radius 3 is 2.77 bits per heavy atom. The van der Waals surface area contributed by atoms with Gasteiger partial charge in [-0.15, -0.1) is 0 Å². The zero-order valence-corrected chi connectivity index (χ0v) is 14.0. The van der Waals surface area contributed by atoms with Crippen molar-refractivity contribution in [3.8, 4) is 17.1 Å². The Morgan fingerprint density at radius 1 is 1.15 bits per heavy atom. The standard InChI is InChI=1S/C19H16F2N2O3/c1-25-15-4-2-3-12(9-15)18-11-14(23-26-18)7-8-22-19(24)13-5-6-16(20)17(21)10-13/h2-6,9-11H,7-8H2,1H3,(H,22,24). The van der Waals surface area contributed by atoms with Crippen LogP contribution in [-0.4, -0.2) is 24.7 Å². The number of rotatable bonds is 6. The second-order valence-electron chi connectivity index (χ2n) is 5.55. The molecule has 3 aromatic rings. The van der Waals surface area contributed by atoms with E-state index in [0.717, 1.165) is 17.7 Å². The number of carbonyl (C=O) groups is 1. The molecule has 1 heterocycles. The Balaban J connectivity index is 1.58. The molecule has 0 fully saturated rings. The minimum atomic E-state index is -1.06. The predicted octanol–water partition coefficient (Wildman–Crippen LogP) is 3.60. The second kappa shape index (κ2) is 7.77. The fraction of sp³-hybridized carbons (Fsp3) is 0.158. The van der Waals surface area contributed by atoms with E-state index in [-0.39, 0.29) is 12.1 Å². The normalized spacial score (nSPS) is 10.6. The zero-order chi connectivity index (χ0) is 18.5. The number of benzene rings is 2. The number of carbonyl (C=O) groups excluding carboxylic acids is 1. The third-order valence-electron chi connectivity index (χ3n) is 3.76. The molecule has 0 atom stereocenters. The number of ether oxygens (including phenoxy) is 1. The van der Waals surface area contributed by atoms with Gasteiger partial charge in [0.1, 0.15) is 5.75 Å². The van der Waals surface area contributed by atoms with E-state index >= 15 is 0 Å². The largest absolute Gasteiger partial charge is 0.497 e. The van der Waals surface area contributed by atoms with E-state index in [1.165, 1.54) is 6.07 Å². The van der Waals surface area contributed by atoms with Gasteiger partial charge in [0.15, 0.2) is 17.4 Å². The molecule has 134 valence electrons. The first-order chi connectivity index (χ1) is 12.6. The average Bonchev–Trinajstić information content (AvgIpc) is 3.13. The van der Waals surface area contributed by atoms with Gasteiger partial charge in [-0.3, -0.25) is 4.79 Å². The molecule has 7 heteroatoms. The quantitative estimate of drug-likeness (QED) is 0.731. The summed E-state index contributed by atoms with van der Waals surface area (Å²) >= 11 is 0. The Kier molecular flexibility index (Phi) is 5.26. The molecule has 5 nitrogen and oxygen atoms in total. The highest BCUT2D eigenvalue weighted by atomic mass is 19.2. The van der Waals surface area contributed by atoms with Crippen molar-refractivity contribution in [2.75, 3.05) is 13.7 Å². The summed E-state index contributed by atoms with van der Waals surface area (Å²) in [5.41, 5.74) is 1.54. The van der Waals surface area contributed by atoms with Crippen LogP contribution in [0.4, 0.5) is 8.78 Å². The molecule has 1 N–H and O–H groups in total. The third-order valence-corrected chi connectivity index (χ3v) is 3.76. The monoisotopic (exact) mass is 358 g/mol. The van der Waals surface area contributed by atoms with Gasteiger partial charge in [0.05, 0.1) is 12.8 Å². The van der Waals surface area contributed by atoms with Crippen molar-refractivity contribution in [2.45, 2.75) is 6.42 Å². The van der Waals surface area contributed by atoms with E-state index in [2.05, 4.69) is 10.5 Å². The highest BCUT2D eigenvalue weighted by Crippen LogP contribution is 2.24. The van der Waals surface area contributed by atoms with E-state index in [9.17, 15) is 13.6 Å². The van der Waals surface area contributed by atoms with Gasteiger partial charge in [-0.25, -0.2) is 8.78 Å². The van der Waals surface area contributed by atoms with Gasteiger partial charge >= 0.3 is 0 Å². The summed E-state index contributed by atoms with van der Waals surface area (Å²) in [6.45, 7) is 0.280. The van der Waals surface area contributed by atoms with Crippen LogP contribution in [0.25, 0.3) is 11.3 Å². The predicted molar refractivity (Wildman–Crippen MR) is 90.9 cm³/mol. The SMILES string of the molecule is COc1cccc(-c2cc(CCNC(=O)c3ccc(F)c(F)c3)no2)c1. The van der Waals surface area contributed by atoms with Crippen LogP contribution in [0.2, 0.25) is 0 Å². The summed E-state index contributed by atoms with van der Waals surface area (Å²) in [5.74, 6) is -1.24. The molecule has 0 saturated carbocycles. The summed E-state index contributed by atoms with van der Waals surface area (Å²) in [7, 11) is 1.58. The lowest BCUT2D eigenvalue weighted by Gasteiger charge is -2.04. The van der Waals surface area contributed by atoms with E-state index in [4.69, 9.17) is 9.26 Å². The highest BCUT2D eigenvalue weighted by Gasteiger charge is 2.11. The lowest BCUT2D eigenvalue weighted by molar-refractivity contribution is 0.0953. The minimum absolute atomic E-state index is 0.0566. The van der Waals surface area contributed by atoms with Crippen LogP contribution in [0.3, 0.4) is 0 Å².